The minimum Gasteiger partial charge on any atom is -0.369 e. The van der Waals surface area contributed by atoms with Gasteiger partial charge >= 0.3 is 0 Å². The van der Waals surface area contributed by atoms with Crippen molar-refractivity contribution in [3.05, 3.63) is 22.1 Å². The molecule has 2 heterocycles. The van der Waals surface area contributed by atoms with Gasteiger partial charge in [0.1, 0.15) is 0 Å². The molecule has 0 unspecified atom stereocenters. The molecule has 1 fully saturated rings. The highest BCUT2D eigenvalue weighted by atomic mass is 16.1. The predicted molar refractivity (Wildman–Crippen MR) is 70.8 cm³/mol. The first kappa shape index (κ1) is 12.6. The molecular formula is C12H19N5O. The summed E-state index contributed by atoms with van der Waals surface area (Å²) in [6, 6.07) is 1.43. The molecular weight excluding hydrogens is 230 g/mol. The topological polar surface area (TPSA) is 87.4 Å². The molecule has 1 saturated heterocycles. The average molecular weight is 249 g/mol. The van der Waals surface area contributed by atoms with E-state index < -0.39 is 0 Å². The van der Waals surface area contributed by atoms with Crippen molar-refractivity contribution in [2.75, 3.05) is 13.1 Å². The second-order valence-electron chi connectivity index (χ2n) is 4.87. The molecule has 1 aliphatic rings. The number of rotatable bonds is 1. The fourth-order valence-electron chi connectivity index (χ4n) is 2.19. The molecule has 0 radical (unpaired) electrons. The van der Waals surface area contributed by atoms with Gasteiger partial charge in [-0.2, -0.15) is 4.99 Å². The summed E-state index contributed by atoms with van der Waals surface area (Å²) in [4.78, 5) is 24.2. The lowest BCUT2D eigenvalue weighted by atomic mass is 10.0. The summed E-state index contributed by atoms with van der Waals surface area (Å²) in [7, 11) is 0. The van der Waals surface area contributed by atoms with E-state index in [0.717, 1.165) is 19.5 Å². The van der Waals surface area contributed by atoms with Gasteiger partial charge < -0.3 is 10.6 Å². The average Bonchev–Trinajstić information content (AvgIpc) is 2.27. The lowest BCUT2D eigenvalue weighted by molar-refractivity contribution is 0.271. The number of nitrogens with zero attached hydrogens (tertiary/aromatic N) is 3. The van der Waals surface area contributed by atoms with Crippen LogP contribution in [-0.2, 0) is 0 Å². The number of hydrogen-bond acceptors (Lipinski definition) is 3. The summed E-state index contributed by atoms with van der Waals surface area (Å²) >= 11 is 0. The third-order valence-corrected chi connectivity index (χ3v) is 3.06. The predicted octanol–water partition coefficient (Wildman–Crippen LogP) is 0.756. The maximum absolute atomic E-state index is 11.3. The number of guanidine groups is 1. The summed E-state index contributed by atoms with van der Waals surface area (Å²) in [5.74, 6) is 1.32. The maximum atomic E-state index is 11.3. The number of aryl methyl sites for hydroxylation is 1. The number of nitrogens with one attached hydrogen (secondary N) is 1. The number of likely N-dealkylation sites (tertiary alicyclic amines) is 1. The molecule has 1 atom stereocenters. The second-order valence-corrected chi connectivity index (χ2v) is 4.87. The number of aliphatic imine (C=N–C) groups is 1. The highest BCUT2D eigenvalue weighted by Gasteiger charge is 2.17. The molecule has 98 valence electrons. The van der Waals surface area contributed by atoms with E-state index in [-0.39, 0.29) is 11.5 Å². The van der Waals surface area contributed by atoms with Crippen molar-refractivity contribution >= 4 is 11.9 Å². The number of piperidine rings is 1. The largest absolute Gasteiger partial charge is 0.369 e. The van der Waals surface area contributed by atoms with Crippen molar-refractivity contribution in [3.63, 3.8) is 0 Å². The van der Waals surface area contributed by atoms with Crippen molar-refractivity contribution in [2.45, 2.75) is 26.7 Å². The van der Waals surface area contributed by atoms with Gasteiger partial charge in [0.2, 0.25) is 5.95 Å². The fraction of sp³-hybridized carbons (Fsp3) is 0.583. The number of aromatic nitrogens is 2. The molecule has 2 rings (SSSR count). The number of H-pyrrole nitrogens is 1. The minimum atomic E-state index is -0.207. The van der Waals surface area contributed by atoms with Crippen molar-refractivity contribution < 1.29 is 0 Å². The molecule has 6 heteroatoms. The lowest BCUT2D eigenvalue weighted by Crippen LogP contribution is -2.43. The Morgan fingerprint density at radius 3 is 3.11 bits per heavy atom. The molecule has 0 spiro atoms. The van der Waals surface area contributed by atoms with Crippen LogP contribution in [0, 0.1) is 12.8 Å². The molecule has 0 bridgehead atoms. The summed E-state index contributed by atoms with van der Waals surface area (Å²) in [5, 5.41) is 0. The van der Waals surface area contributed by atoms with Crippen molar-refractivity contribution in [2.24, 2.45) is 16.6 Å². The summed E-state index contributed by atoms with van der Waals surface area (Å²) in [6.45, 7) is 5.78. The molecule has 3 N–H and O–H groups in total. The van der Waals surface area contributed by atoms with Crippen molar-refractivity contribution in [1.82, 2.24) is 14.9 Å². The van der Waals surface area contributed by atoms with Crippen LogP contribution in [0.25, 0.3) is 0 Å². The van der Waals surface area contributed by atoms with E-state index in [1.807, 2.05) is 4.90 Å². The zero-order valence-electron chi connectivity index (χ0n) is 10.8. The first-order valence-corrected chi connectivity index (χ1v) is 6.21. The number of aromatic amines is 1. The van der Waals surface area contributed by atoms with Crippen LogP contribution in [0.5, 0.6) is 0 Å². The van der Waals surface area contributed by atoms with Gasteiger partial charge in [-0.1, -0.05) is 6.92 Å². The zero-order valence-corrected chi connectivity index (χ0v) is 10.8. The Labute approximate surface area is 106 Å². The van der Waals surface area contributed by atoms with Crippen LogP contribution in [0.4, 0.5) is 5.95 Å². The Kier molecular flexibility index (Phi) is 3.64. The highest BCUT2D eigenvalue weighted by molar-refractivity contribution is 5.80. The van der Waals surface area contributed by atoms with E-state index in [2.05, 4.69) is 21.9 Å². The van der Waals surface area contributed by atoms with Gasteiger partial charge in [0.05, 0.1) is 0 Å². The van der Waals surface area contributed by atoms with E-state index >= 15 is 0 Å². The first-order chi connectivity index (χ1) is 8.54. The molecule has 0 aliphatic carbocycles. The molecule has 1 aliphatic heterocycles. The Bertz CT molecular complexity index is 507. The normalized spacial score (nSPS) is 21.1. The molecule has 0 aromatic carbocycles. The second kappa shape index (κ2) is 5.20. The quantitative estimate of drug-likeness (QED) is 0.568. The Morgan fingerprint density at radius 1 is 1.67 bits per heavy atom. The SMILES string of the molecule is Cc1cc(=O)[nH]c(N=C(N)N2CCC[C@@H](C)C2)n1. The highest BCUT2D eigenvalue weighted by Crippen LogP contribution is 2.15. The van der Waals surface area contributed by atoms with E-state index in [0.29, 0.717) is 17.6 Å². The lowest BCUT2D eigenvalue weighted by Gasteiger charge is -2.31. The summed E-state index contributed by atoms with van der Waals surface area (Å²) < 4.78 is 0. The van der Waals surface area contributed by atoms with Gasteiger partial charge in [-0.3, -0.25) is 9.78 Å². The van der Waals surface area contributed by atoms with Gasteiger partial charge in [0.25, 0.3) is 5.56 Å². The third kappa shape index (κ3) is 3.09. The monoisotopic (exact) mass is 249 g/mol. The maximum Gasteiger partial charge on any atom is 0.252 e. The van der Waals surface area contributed by atoms with E-state index in [4.69, 9.17) is 5.73 Å². The van der Waals surface area contributed by atoms with E-state index in [1.165, 1.54) is 12.5 Å². The zero-order chi connectivity index (χ0) is 13.1. The van der Waals surface area contributed by atoms with Gasteiger partial charge in [0.15, 0.2) is 5.96 Å². The van der Waals surface area contributed by atoms with Crippen LogP contribution in [0.2, 0.25) is 0 Å². The number of nitrogens with two attached hydrogens (primary N) is 1. The van der Waals surface area contributed by atoms with Gasteiger partial charge in [-0.05, 0) is 25.7 Å². The summed E-state index contributed by atoms with van der Waals surface area (Å²) in [5.41, 5.74) is 6.39. The van der Waals surface area contributed by atoms with E-state index in [9.17, 15) is 4.79 Å². The molecule has 1 aromatic rings. The van der Waals surface area contributed by atoms with Crippen LogP contribution >= 0.6 is 0 Å². The van der Waals surface area contributed by atoms with Gasteiger partial charge in [-0.15, -0.1) is 0 Å². The molecule has 18 heavy (non-hydrogen) atoms. The van der Waals surface area contributed by atoms with Gasteiger partial charge in [0, 0.05) is 24.8 Å². The molecule has 1 aromatic heterocycles. The molecule has 0 saturated carbocycles. The molecule has 6 nitrogen and oxygen atoms in total. The third-order valence-electron chi connectivity index (χ3n) is 3.06. The van der Waals surface area contributed by atoms with Crippen LogP contribution in [0.15, 0.2) is 15.9 Å². The fourth-order valence-corrected chi connectivity index (χ4v) is 2.19. The van der Waals surface area contributed by atoms with Crippen LogP contribution in [0.1, 0.15) is 25.5 Å². The minimum absolute atomic E-state index is 0.207. The Hall–Kier alpha value is -1.85. The number of hydrogen-bond donors (Lipinski definition) is 2. The Morgan fingerprint density at radius 2 is 2.44 bits per heavy atom. The summed E-state index contributed by atoms with van der Waals surface area (Å²) in [6.07, 6.45) is 2.35. The van der Waals surface area contributed by atoms with Gasteiger partial charge in [-0.25, -0.2) is 4.98 Å². The van der Waals surface area contributed by atoms with E-state index in [1.54, 1.807) is 6.92 Å². The van der Waals surface area contributed by atoms with Crippen LogP contribution < -0.4 is 11.3 Å². The van der Waals surface area contributed by atoms with Crippen molar-refractivity contribution in [3.8, 4) is 0 Å². The molecule has 0 amide bonds. The standard InChI is InChI=1S/C12H19N5O/c1-8-4-3-5-17(7-8)11(13)16-12-14-9(2)6-10(18)15-12/h6,8H,3-5,7H2,1-2H3,(H3,13,14,15,16,18)/t8-/m1/s1. The first-order valence-electron chi connectivity index (χ1n) is 6.21. The Balaban J connectivity index is 2.18. The van der Waals surface area contributed by atoms with Crippen LogP contribution in [0.3, 0.4) is 0 Å². The van der Waals surface area contributed by atoms with Crippen molar-refractivity contribution in [1.29, 1.82) is 0 Å². The van der Waals surface area contributed by atoms with Crippen LogP contribution in [-0.4, -0.2) is 33.9 Å². The smallest absolute Gasteiger partial charge is 0.252 e.